The van der Waals surface area contributed by atoms with E-state index in [9.17, 15) is 0 Å². The maximum Gasteiger partial charge on any atom is 0.174 e. The van der Waals surface area contributed by atoms with E-state index in [1.54, 1.807) is 0 Å². The van der Waals surface area contributed by atoms with Gasteiger partial charge in [-0.3, -0.25) is 4.98 Å². The van der Waals surface area contributed by atoms with Gasteiger partial charge in [-0.2, -0.15) is 0 Å². The van der Waals surface area contributed by atoms with Crippen LogP contribution < -0.4 is 15.1 Å². The van der Waals surface area contributed by atoms with E-state index >= 15 is 0 Å². The lowest BCUT2D eigenvalue weighted by molar-refractivity contribution is 0.122. The molecule has 0 saturated carbocycles. The van der Waals surface area contributed by atoms with E-state index in [2.05, 4.69) is 74.9 Å². The molecule has 0 unspecified atom stereocenters. The highest BCUT2D eigenvalue weighted by Crippen LogP contribution is 2.44. The molecule has 4 aromatic rings. The summed E-state index contributed by atoms with van der Waals surface area (Å²) in [6.07, 6.45) is 3.67. The summed E-state index contributed by atoms with van der Waals surface area (Å²) in [5, 5.41) is 4.28. The molecule has 0 radical (unpaired) electrons. The maximum atomic E-state index is 5.95. The number of hydrogen-bond donors (Lipinski definition) is 1. The number of morpholine rings is 1. The topological polar surface area (TPSA) is 58.5 Å². The fourth-order valence-electron chi connectivity index (χ4n) is 5.52. The molecule has 8 heteroatoms. The number of nitrogens with one attached hydrogen (secondary N) is 1. The Morgan fingerprint density at radius 1 is 0.892 bits per heavy atom. The largest absolute Gasteiger partial charge is 0.378 e. The lowest BCUT2D eigenvalue weighted by Gasteiger charge is -2.31. The summed E-state index contributed by atoms with van der Waals surface area (Å²) < 4.78 is 7.74. The Morgan fingerprint density at radius 2 is 1.59 bits per heavy atom. The molecule has 5 heterocycles. The minimum Gasteiger partial charge on any atom is -0.378 e. The monoisotopic (exact) mass is 510 g/mol. The minimum absolute atomic E-state index is 0.0692. The molecule has 0 aliphatic carbocycles. The van der Waals surface area contributed by atoms with Gasteiger partial charge in [-0.05, 0) is 86.2 Å². The molecule has 1 aromatic carbocycles. The number of nitrogens with zero attached hydrogens (tertiary/aromatic N) is 5. The van der Waals surface area contributed by atoms with E-state index in [-0.39, 0.29) is 12.1 Å². The SMILES string of the molecule is Cc1cc([C@H]2[C@H](c3ccccn3)NC(=S)N2c2ccc(N3CCOCC3)cc2)c(C)n1-c1ccccn1. The van der Waals surface area contributed by atoms with E-state index in [1.807, 2.05) is 42.7 Å². The molecule has 7 nitrogen and oxygen atoms in total. The van der Waals surface area contributed by atoms with Crippen molar-refractivity contribution in [1.29, 1.82) is 0 Å². The van der Waals surface area contributed by atoms with Crippen molar-refractivity contribution in [3.8, 4) is 5.82 Å². The van der Waals surface area contributed by atoms with E-state index < -0.39 is 0 Å². The fourth-order valence-corrected chi connectivity index (χ4v) is 5.87. The van der Waals surface area contributed by atoms with Gasteiger partial charge in [0.1, 0.15) is 5.82 Å². The molecule has 2 aliphatic rings. The average Bonchev–Trinajstić information content (AvgIpc) is 3.45. The van der Waals surface area contributed by atoms with Gasteiger partial charge in [-0.15, -0.1) is 0 Å². The summed E-state index contributed by atoms with van der Waals surface area (Å²) in [4.78, 5) is 13.9. The Kier molecular flexibility index (Phi) is 6.36. The van der Waals surface area contributed by atoms with Gasteiger partial charge in [0, 0.05) is 48.2 Å². The van der Waals surface area contributed by atoms with Crippen LogP contribution in [-0.4, -0.2) is 46.0 Å². The highest BCUT2D eigenvalue weighted by atomic mass is 32.1. The fraction of sp³-hybridized carbons (Fsp3) is 0.276. The highest BCUT2D eigenvalue weighted by molar-refractivity contribution is 7.80. The first kappa shape index (κ1) is 23.6. The first-order valence-corrected chi connectivity index (χ1v) is 13.1. The van der Waals surface area contributed by atoms with Gasteiger partial charge in [0.2, 0.25) is 0 Å². The van der Waals surface area contributed by atoms with Crippen molar-refractivity contribution in [1.82, 2.24) is 19.9 Å². The van der Waals surface area contributed by atoms with Crippen molar-refractivity contribution >= 4 is 28.7 Å². The summed E-state index contributed by atoms with van der Waals surface area (Å²) in [5.74, 6) is 0.910. The number of aryl methyl sites for hydroxylation is 1. The smallest absolute Gasteiger partial charge is 0.174 e. The Labute approximate surface area is 222 Å². The molecule has 0 spiro atoms. The Hall–Kier alpha value is -3.75. The van der Waals surface area contributed by atoms with E-state index in [1.165, 1.54) is 11.3 Å². The average molecular weight is 511 g/mol. The third kappa shape index (κ3) is 4.36. The van der Waals surface area contributed by atoms with Gasteiger partial charge in [-0.1, -0.05) is 12.1 Å². The van der Waals surface area contributed by atoms with Crippen LogP contribution in [0.2, 0.25) is 0 Å². The van der Waals surface area contributed by atoms with Crippen molar-refractivity contribution in [2.24, 2.45) is 0 Å². The second kappa shape index (κ2) is 9.95. The van der Waals surface area contributed by atoms with Crippen LogP contribution in [0.15, 0.2) is 79.1 Å². The van der Waals surface area contributed by atoms with Crippen LogP contribution in [0.1, 0.15) is 34.7 Å². The predicted octanol–water partition coefficient (Wildman–Crippen LogP) is 4.90. The molecular weight excluding hydrogens is 480 g/mol. The molecule has 1 N–H and O–H groups in total. The van der Waals surface area contributed by atoms with Crippen molar-refractivity contribution < 1.29 is 4.74 Å². The lowest BCUT2D eigenvalue weighted by Crippen LogP contribution is -2.36. The van der Waals surface area contributed by atoms with E-state index in [0.29, 0.717) is 5.11 Å². The zero-order valence-corrected chi connectivity index (χ0v) is 21.9. The van der Waals surface area contributed by atoms with Gasteiger partial charge < -0.3 is 24.4 Å². The molecule has 0 bridgehead atoms. The van der Waals surface area contributed by atoms with Gasteiger partial charge in [-0.25, -0.2) is 4.98 Å². The Bertz CT molecular complexity index is 1380. The van der Waals surface area contributed by atoms with Crippen LogP contribution in [0.3, 0.4) is 0 Å². The normalized spacial score (nSPS) is 19.8. The summed E-state index contributed by atoms with van der Waals surface area (Å²) in [6.45, 7) is 7.64. The first-order chi connectivity index (χ1) is 18.1. The number of rotatable bonds is 5. The second-order valence-electron chi connectivity index (χ2n) is 9.46. The van der Waals surface area contributed by atoms with Crippen molar-refractivity contribution in [3.63, 3.8) is 0 Å². The van der Waals surface area contributed by atoms with Crippen LogP contribution in [0, 0.1) is 13.8 Å². The predicted molar refractivity (Wildman–Crippen MR) is 150 cm³/mol. The summed E-state index contributed by atoms with van der Waals surface area (Å²) in [5.41, 5.74) is 6.69. The van der Waals surface area contributed by atoms with Gasteiger partial charge in [0.25, 0.3) is 0 Å². The van der Waals surface area contributed by atoms with Gasteiger partial charge >= 0.3 is 0 Å². The zero-order chi connectivity index (χ0) is 25.4. The van der Waals surface area contributed by atoms with E-state index in [4.69, 9.17) is 21.9 Å². The molecule has 37 heavy (non-hydrogen) atoms. The molecule has 2 aliphatic heterocycles. The molecule has 6 rings (SSSR count). The first-order valence-electron chi connectivity index (χ1n) is 12.7. The van der Waals surface area contributed by atoms with Crippen LogP contribution in [-0.2, 0) is 4.74 Å². The number of ether oxygens (including phenoxy) is 1. The van der Waals surface area contributed by atoms with Crippen LogP contribution in [0.5, 0.6) is 0 Å². The molecule has 0 amide bonds. The summed E-state index contributed by atoms with van der Waals surface area (Å²) >= 11 is 5.95. The van der Waals surface area contributed by atoms with Crippen molar-refractivity contribution in [2.45, 2.75) is 25.9 Å². The van der Waals surface area contributed by atoms with Gasteiger partial charge in [0.05, 0.1) is 31.0 Å². The number of benzene rings is 1. The summed E-state index contributed by atoms with van der Waals surface area (Å²) in [6, 6.07) is 22.9. The van der Waals surface area contributed by atoms with Crippen LogP contribution >= 0.6 is 12.2 Å². The highest BCUT2D eigenvalue weighted by Gasteiger charge is 2.42. The third-order valence-electron chi connectivity index (χ3n) is 7.27. The zero-order valence-electron chi connectivity index (χ0n) is 21.0. The maximum absolute atomic E-state index is 5.95. The molecule has 2 saturated heterocycles. The number of hydrogen-bond acceptors (Lipinski definition) is 5. The Balaban J connectivity index is 1.43. The third-order valence-corrected chi connectivity index (χ3v) is 7.58. The number of aromatic nitrogens is 3. The number of anilines is 2. The molecule has 3 aromatic heterocycles. The summed E-state index contributed by atoms with van der Waals surface area (Å²) in [7, 11) is 0. The lowest BCUT2D eigenvalue weighted by atomic mass is 9.96. The van der Waals surface area contributed by atoms with Crippen LogP contribution in [0.25, 0.3) is 5.82 Å². The van der Waals surface area contributed by atoms with E-state index in [0.717, 1.165) is 54.9 Å². The number of pyridine rings is 2. The molecule has 2 fully saturated rings. The molecule has 188 valence electrons. The molecule has 2 atom stereocenters. The van der Waals surface area contributed by atoms with Crippen molar-refractivity contribution in [3.05, 3.63) is 102 Å². The quantitative estimate of drug-likeness (QED) is 0.383. The Morgan fingerprint density at radius 3 is 2.27 bits per heavy atom. The van der Waals surface area contributed by atoms with Crippen molar-refractivity contribution in [2.75, 3.05) is 36.1 Å². The van der Waals surface area contributed by atoms with Crippen LogP contribution in [0.4, 0.5) is 11.4 Å². The molecular formula is C29H30N6OS. The number of thiocarbonyl (C=S) groups is 1. The minimum atomic E-state index is -0.0923. The standard InChI is InChI=1S/C29H30N6OS/c1-20-19-24(21(2)34(20)26-8-4-6-14-31-26)28-27(25-7-3-5-13-30-25)32-29(37)35(28)23-11-9-22(10-12-23)33-15-17-36-18-16-33/h3-14,19,27-28H,15-18H2,1-2H3,(H,32,37)/t27-,28-/m0/s1. The van der Waals surface area contributed by atoms with Gasteiger partial charge in [0.15, 0.2) is 5.11 Å². The second-order valence-corrected chi connectivity index (χ2v) is 9.85.